The third-order valence-electron chi connectivity index (χ3n) is 4.55. The molecule has 0 fully saturated rings. The first-order valence-electron chi connectivity index (χ1n) is 10.1. The lowest BCUT2D eigenvalue weighted by Gasteiger charge is -2.22. The maximum absolute atomic E-state index is 10.7. The Balaban J connectivity index is 1.51. The van der Waals surface area contributed by atoms with Crippen LogP contribution in [0, 0.1) is 0 Å². The SMILES string of the molecule is OC(COCc1ccccc1)C(C/C=C/Sc1ccccc1)OCc1ccccc1. The molecule has 2 atom stereocenters. The van der Waals surface area contributed by atoms with E-state index in [-0.39, 0.29) is 12.7 Å². The molecule has 2 unspecified atom stereocenters. The van der Waals surface area contributed by atoms with Gasteiger partial charge >= 0.3 is 0 Å². The van der Waals surface area contributed by atoms with Crippen molar-refractivity contribution in [2.45, 2.75) is 36.7 Å². The maximum atomic E-state index is 10.7. The molecule has 0 aliphatic carbocycles. The van der Waals surface area contributed by atoms with E-state index in [1.54, 1.807) is 11.8 Å². The average molecular weight is 421 g/mol. The molecular formula is C26H28O3S. The van der Waals surface area contributed by atoms with Gasteiger partial charge in [0.05, 0.1) is 25.9 Å². The van der Waals surface area contributed by atoms with Crippen LogP contribution in [0.25, 0.3) is 0 Å². The molecule has 0 aliphatic rings. The zero-order chi connectivity index (χ0) is 20.9. The Hall–Kier alpha value is -2.37. The number of hydrogen-bond acceptors (Lipinski definition) is 4. The number of ether oxygens (including phenoxy) is 2. The molecule has 4 heteroatoms. The minimum Gasteiger partial charge on any atom is -0.388 e. The predicted molar refractivity (Wildman–Crippen MR) is 123 cm³/mol. The summed E-state index contributed by atoms with van der Waals surface area (Å²) in [6, 6.07) is 30.2. The molecule has 0 aliphatic heterocycles. The summed E-state index contributed by atoms with van der Waals surface area (Å²) in [5.41, 5.74) is 2.17. The number of benzene rings is 3. The molecule has 30 heavy (non-hydrogen) atoms. The first-order valence-corrected chi connectivity index (χ1v) is 11.0. The molecule has 0 heterocycles. The highest BCUT2D eigenvalue weighted by molar-refractivity contribution is 8.02. The van der Waals surface area contributed by atoms with E-state index in [0.29, 0.717) is 19.6 Å². The lowest BCUT2D eigenvalue weighted by molar-refractivity contribution is -0.0790. The molecule has 0 bridgehead atoms. The van der Waals surface area contributed by atoms with Gasteiger partial charge in [0.2, 0.25) is 0 Å². The van der Waals surface area contributed by atoms with Crippen molar-refractivity contribution in [2.75, 3.05) is 6.61 Å². The highest BCUT2D eigenvalue weighted by Gasteiger charge is 2.19. The van der Waals surface area contributed by atoms with E-state index in [2.05, 4.69) is 12.1 Å². The van der Waals surface area contributed by atoms with Gasteiger partial charge in [-0.05, 0) is 35.1 Å². The summed E-state index contributed by atoms with van der Waals surface area (Å²) < 4.78 is 11.8. The lowest BCUT2D eigenvalue weighted by atomic mass is 10.1. The number of thioether (sulfide) groups is 1. The second kappa shape index (κ2) is 13.0. The van der Waals surface area contributed by atoms with Gasteiger partial charge in [-0.1, -0.05) is 96.7 Å². The average Bonchev–Trinajstić information content (AvgIpc) is 2.80. The Bertz CT molecular complexity index is 853. The highest BCUT2D eigenvalue weighted by Crippen LogP contribution is 2.19. The van der Waals surface area contributed by atoms with Gasteiger partial charge in [0.25, 0.3) is 0 Å². The second-order valence-corrected chi connectivity index (χ2v) is 7.92. The molecule has 0 aromatic heterocycles. The van der Waals surface area contributed by atoms with Crippen molar-refractivity contribution in [1.29, 1.82) is 0 Å². The van der Waals surface area contributed by atoms with Crippen LogP contribution in [0.1, 0.15) is 17.5 Å². The van der Waals surface area contributed by atoms with Crippen LogP contribution in [0.3, 0.4) is 0 Å². The fraction of sp³-hybridized carbons (Fsp3) is 0.231. The fourth-order valence-corrected chi connectivity index (χ4v) is 3.59. The molecule has 1 N–H and O–H groups in total. The van der Waals surface area contributed by atoms with Crippen LogP contribution >= 0.6 is 11.8 Å². The topological polar surface area (TPSA) is 38.7 Å². The third-order valence-corrected chi connectivity index (χ3v) is 5.42. The number of aliphatic hydroxyl groups is 1. The van der Waals surface area contributed by atoms with Crippen molar-refractivity contribution in [2.24, 2.45) is 0 Å². The van der Waals surface area contributed by atoms with Gasteiger partial charge in [-0.15, -0.1) is 0 Å². The van der Waals surface area contributed by atoms with E-state index in [4.69, 9.17) is 9.47 Å². The van der Waals surface area contributed by atoms with Crippen molar-refractivity contribution in [3.8, 4) is 0 Å². The quantitative estimate of drug-likeness (QED) is 0.373. The van der Waals surface area contributed by atoms with Gasteiger partial charge in [0, 0.05) is 4.90 Å². The number of hydrogen-bond donors (Lipinski definition) is 1. The van der Waals surface area contributed by atoms with E-state index >= 15 is 0 Å². The first-order chi connectivity index (χ1) is 14.8. The summed E-state index contributed by atoms with van der Waals surface area (Å²) in [4.78, 5) is 1.18. The van der Waals surface area contributed by atoms with Crippen molar-refractivity contribution in [3.63, 3.8) is 0 Å². The van der Waals surface area contributed by atoms with Crippen molar-refractivity contribution in [1.82, 2.24) is 0 Å². The van der Waals surface area contributed by atoms with Crippen LogP contribution in [0.2, 0.25) is 0 Å². The minimum absolute atomic E-state index is 0.230. The van der Waals surface area contributed by atoms with Gasteiger partial charge in [0.1, 0.15) is 6.10 Å². The van der Waals surface area contributed by atoms with E-state index in [9.17, 15) is 5.11 Å². The van der Waals surface area contributed by atoms with Crippen LogP contribution < -0.4 is 0 Å². The number of rotatable bonds is 12. The second-order valence-electron chi connectivity index (χ2n) is 6.94. The summed E-state index contributed by atoms with van der Waals surface area (Å²) in [6.45, 7) is 1.16. The first kappa shape index (κ1) is 22.3. The fourth-order valence-electron chi connectivity index (χ4n) is 2.91. The van der Waals surface area contributed by atoms with Crippen LogP contribution in [0.5, 0.6) is 0 Å². The zero-order valence-electron chi connectivity index (χ0n) is 17.0. The van der Waals surface area contributed by atoms with Gasteiger partial charge in [-0.2, -0.15) is 0 Å². The normalized spacial score (nSPS) is 13.4. The lowest BCUT2D eigenvalue weighted by Crippen LogP contribution is -2.32. The molecule has 3 aromatic carbocycles. The maximum Gasteiger partial charge on any atom is 0.104 e. The molecule has 156 valence electrons. The van der Waals surface area contributed by atoms with Crippen molar-refractivity contribution < 1.29 is 14.6 Å². The van der Waals surface area contributed by atoms with Crippen LogP contribution in [-0.2, 0) is 22.7 Å². The molecule has 3 aromatic rings. The van der Waals surface area contributed by atoms with Crippen LogP contribution in [0.15, 0.2) is 107 Å². The minimum atomic E-state index is -0.705. The molecule has 0 amide bonds. The van der Waals surface area contributed by atoms with Gasteiger partial charge in [0.15, 0.2) is 0 Å². The molecule has 0 spiro atoms. The monoisotopic (exact) mass is 420 g/mol. The molecular weight excluding hydrogens is 392 g/mol. The van der Waals surface area contributed by atoms with Gasteiger partial charge in [-0.25, -0.2) is 0 Å². The zero-order valence-corrected chi connectivity index (χ0v) is 17.8. The molecule has 3 rings (SSSR count). The van der Waals surface area contributed by atoms with E-state index in [1.807, 2.05) is 90.3 Å². The molecule has 0 radical (unpaired) electrons. The van der Waals surface area contributed by atoms with Crippen LogP contribution in [-0.4, -0.2) is 23.9 Å². The van der Waals surface area contributed by atoms with E-state index in [0.717, 1.165) is 11.1 Å². The van der Waals surface area contributed by atoms with E-state index < -0.39 is 6.10 Å². The molecule has 3 nitrogen and oxygen atoms in total. The van der Waals surface area contributed by atoms with Crippen molar-refractivity contribution >= 4 is 11.8 Å². The van der Waals surface area contributed by atoms with E-state index in [1.165, 1.54) is 4.90 Å². The Kier molecular flexibility index (Phi) is 9.70. The number of aliphatic hydroxyl groups excluding tert-OH is 1. The Labute approximate surface area is 183 Å². The Morgan fingerprint density at radius 1 is 0.767 bits per heavy atom. The summed E-state index contributed by atoms with van der Waals surface area (Å²) in [7, 11) is 0. The smallest absolute Gasteiger partial charge is 0.104 e. The summed E-state index contributed by atoms with van der Waals surface area (Å²) in [5.74, 6) is 0. The van der Waals surface area contributed by atoms with Gasteiger partial charge < -0.3 is 14.6 Å². The summed E-state index contributed by atoms with van der Waals surface area (Å²) >= 11 is 1.65. The molecule has 0 saturated carbocycles. The van der Waals surface area contributed by atoms with Crippen molar-refractivity contribution in [3.05, 3.63) is 114 Å². The summed E-state index contributed by atoms with van der Waals surface area (Å²) in [5, 5.41) is 12.7. The highest BCUT2D eigenvalue weighted by atomic mass is 32.2. The Morgan fingerprint density at radius 3 is 1.97 bits per heavy atom. The largest absolute Gasteiger partial charge is 0.388 e. The van der Waals surface area contributed by atoms with Gasteiger partial charge in [-0.3, -0.25) is 0 Å². The summed E-state index contributed by atoms with van der Waals surface area (Å²) in [6.07, 6.45) is 1.62. The Morgan fingerprint density at radius 2 is 1.33 bits per heavy atom. The standard InChI is InChI=1S/C26H28O3S/c27-25(21-28-19-22-11-4-1-5-12-22)26(29-20-23-13-6-2-7-14-23)17-10-18-30-24-15-8-3-9-16-24/h1-16,18,25-27H,17,19-21H2/b18-10+. The van der Waals surface area contributed by atoms with Crippen LogP contribution in [0.4, 0.5) is 0 Å². The third kappa shape index (κ3) is 8.17. The molecule has 0 saturated heterocycles. The predicted octanol–water partition coefficient (Wildman–Crippen LogP) is 5.85.